The zero-order chi connectivity index (χ0) is 12.2. The highest BCUT2D eigenvalue weighted by molar-refractivity contribution is 6.30. The highest BCUT2D eigenvalue weighted by Crippen LogP contribution is 2.15. The van der Waals surface area contributed by atoms with E-state index in [9.17, 15) is 0 Å². The number of hydrogen-bond donors (Lipinski definition) is 2. The van der Waals surface area contributed by atoms with Gasteiger partial charge in [-0.2, -0.15) is 0 Å². The van der Waals surface area contributed by atoms with Crippen molar-refractivity contribution in [3.05, 3.63) is 23.0 Å². The van der Waals surface area contributed by atoms with E-state index in [1.54, 1.807) is 6.20 Å². The molecule has 0 bridgehead atoms. The summed E-state index contributed by atoms with van der Waals surface area (Å²) >= 11 is 5.85. The standard InChI is InChI=1S/C12H20ClN3/c1-9-7-10(8-15-11(9)13)14-5-6-16-12(2,3)4/h7-8,14,16H,5-6H2,1-4H3. The van der Waals surface area contributed by atoms with Gasteiger partial charge in [0.25, 0.3) is 0 Å². The summed E-state index contributed by atoms with van der Waals surface area (Å²) in [5, 5.41) is 7.28. The summed E-state index contributed by atoms with van der Waals surface area (Å²) in [5.41, 5.74) is 2.17. The Morgan fingerprint density at radius 3 is 2.56 bits per heavy atom. The Kier molecular flexibility index (Phi) is 4.56. The van der Waals surface area contributed by atoms with Crippen LogP contribution < -0.4 is 10.6 Å². The predicted molar refractivity (Wildman–Crippen MR) is 70.2 cm³/mol. The molecule has 1 aromatic heterocycles. The summed E-state index contributed by atoms with van der Waals surface area (Å²) in [4.78, 5) is 4.09. The molecule has 0 aliphatic rings. The van der Waals surface area contributed by atoms with Crippen molar-refractivity contribution in [2.75, 3.05) is 18.4 Å². The lowest BCUT2D eigenvalue weighted by Gasteiger charge is -2.20. The summed E-state index contributed by atoms with van der Waals surface area (Å²) in [6.07, 6.45) is 1.76. The van der Waals surface area contributed by atoms with Crippen LogP contribution in [0, 0.1) is 6.92 Å². The number of aryl methyl sites for hydroxylation is 1. The quantitative estimate of drug-likeness (QED) is 0.629. The van der Waals surface area contributed by atoms with Gasteiger partial charge in [-0.25, -0.2) is 4.98 Å². The topological polar surface area (TPSA) is 37.0 Å². The Bertz CT molecular complexity index is 345. The van der Waals surface area contributed by atoms with Crippen LogP contribution in [0.2, 0.25) is 5.15 Å². The molecule has 0 saturated heterocycles. The Labute approximate surface area is 103 Å². The Morgan fingerprint density at radius 1 is 1.31 bits per heavy atom. The molecule has 2 N–H and O–H groups in total. The molecule has 0 saturated carbocycles. The fourth-order valence-electron chi connectivity index (χ4n) is 1.30. The van der Waals surface area contributed by atoms with Crippen LogP contribution in [0.5, 0.6) is 0 Å². The van der Waals surface area contributed by atoms with Gasteiger partial charge in [0.1, 0.15) is 5.15 Å². The molecule has 1 heterocycles. The smallest absolute Gasteiger partial charge is 0.132 e. The average Bonchev–Trinajstić information content (AvgIpc) is 2.17. The molecule has 0 aromatic carbocycles. The molecule has 0 unspecified atom stereocenters. The van der Waals surface area contributed by atoms with Crippen molar-refractivity contribution in [2.24, 2.45) is 0 Å². The Morgan fingerprint density at radius 2 is 2.00 bits per heavy atom. The van der Waals surface area contributed by atoms with E-state index in [2.05, 4.69) is 36.4 Å². The molecule has 0 aliphatic carbocycles. The molecule has 0 fully saturated rings. The predicted octanol–water partition coefficient (Wildman–Crippen LogP) is 2.84. The third-order valence-corrected chi connectivity index (χ3v) is 2.52. The van der Waals surface area contributed by atoms with Crippen LogP contribution >= 0.6 is 11.6 Å². The fourth-order valence-corrected chi connectivity index (χ4v) is 1.40. The number of rotatable bonds is 4. The van der Waals surface area contributed by atoms with Crippen molar-refractivity contribution in [2.45, 2.75) is 33.2 Å². The number of anilines is 1. The molecule has 90 valence electrons. The third kappa shape index (κ3) is 4.81. The minimum absolute atomic E-state index is 0.163. The maximum absolute atomic E-state index is 5.85. The Hall–Kier alpha value is -0.800. The lowest BCUT2D eigenvalue weighted by Crippen LogP contribution is -2.38. The summed E-state index contributed by atoms with van der Waals surface area (Å²) in [7, 11) is 0. The second-order valence-corrected chi connectivity index (χ2v) is 5.29. The first-order valence-corrected chi connectivity index (χ1v) is 5.87. The van der Waals surface area contributed by atoms with Gasteiger partial charge in [0.05, 0.1) is 11.9 Å². The zero-order valence-electron chi connectivity index (χ0n) is 10.4. The highest BCUT2D eigenvalue weighted by atomic mass is 35.5. The van der Waals surface area contributed by atoms with Crippen molar-refractivity contribution in [3.8, 4) is 0 Å². The molecule has 16 heavy (non-hydrogen) atoms. The van der Waals surface area contributed by atoms with E-state index in [4.69, 9.17) is 11.6 Å². The molecule has 3 nitrogen and oxygen atoms in total. The second kappa shape index (κ2) is 5.51. The number of pyridine rings is 1. The van der Waals surface area contributed by atoms with Gasteiger partial charge in [0.2, 0.25) is 0 Å². The highest BCUT2D eigenvalue weighted by Gasteiger charge is 2.07. The molecule has 0 spiro atoms. The first kappa shape index (κ1) is 13.3. The van der Waals surface area contributed by atoms with Gasteiger partial charge in [-0.05, 0) is 39.3 Å². The van der Waals surface area contributed by atoms with Gasteiger partial charge in [0.15, 0.2) is 0 Å². The van der Waals surface area contributed by atoms with Gasteiger partial charge < -0.3 is 10.6 Å². The molecule has 1 rings (SSSR count). The maximum Gasteiger partial charge on any atom is 0.132 e. The van der Waals surface area contributed by atoms with Gasteiger partial charge in [-0.3, -0.25) is 0 Å². The molecular weight excluding hydrogens is 222 g/mol. The van der Waals surface area contributed by atoms with E-state index < -0.39 is 0 Å². The Balaban J connectivity index is 2.35. The van der Waals surface area contributed by atoms with Crippen LogP contribution in [-0.4, -0.2) is 23.6 Å². The summed E-state index contributed by atoms with van der Waals surface area (Å²) in [5.74, 6) is 0. The van der Waals surface area contributed by atoms with Gasteiger partial charge >= 0.3 is 0 Å². The first-order chi connectivity index (χ1) is 7.38. The van der Waals surface area contributed by atoms with Gasteiger partial charge in [0, 0.05) is 18.6 Å². The molecule has 0 atom stereocenters. The normalized spacial score (nSPS) is 11.6. The molecule has 0 amide bonds. The summed E-state index contributed by atoms with van der Waals surface area (Å²) < 4.78 is 0. The van der Waals surface area contributed by atoms with Crippen LogP contribution in [0.25, 0.3) is 0 Å². The van der Waals surface area contributed by atoms with Crippen LogP contribution in [0.3, 0.4) is 0 Å². The number of nitrogens with zero attached hydrogens (tertiary/aromatic N) is 1. The molecular formula is C12H20ClN3. The van der Waals surface area contributed by atoms with Crippen molar-refractivity contribution in [3.63, 3.8) is 0 Å². The zero-order valence-corrected chi connectivity index (χ0v) is 11.2. The summed E-state index contributed by atoms with van der Waals surface area (Å²) in [6.45, 7) is 10.2. The summed E-state index contributed by atoms with van der Waals surface area (Å²) in [6, 6.07) is 2.01. The fraction of sp³-hybridized carbons (Fsp3) is 0.583. The van der Waals surface area contributed by atoms with Crippen LogP contribution in [-0.2, 0) is 0 Å². The van der Waals surface area contributed by atoms with E-state index in [0.29, 0.717) is 5.15 Å². The van der Waals surface area contributed by atoms with E-state index in [0.717, 1.165) is 24.3 Å². The molecule has 0 radical (unpaired) electrons. The minimum atomic E-state index is 0.163. The lowest BCUT2D eigenvalue weighted by atomic mass is 10.1. The van der Waals surface area contributed by atoms with Crippen molar-refractivity contribution in [1.82, 2.24) is 10.3 Å². The first-order valence-electron chi connectivity index (χ1n) is 5.49. The average molecular weight is 242 g/mol. The second-order valence-electron chi connectivity index (χ2n) is 4.94. The van der Waals surface area contributed by atoms with Crippen molar-refractivity contribution in [1.29, 1.82) is 0 Å². The maximum atomic E-state index is 5.85. The van der Waals surface area contributed by atoms with Crippen LogP contribution in [0.4, 0.5) is 5.69 Å². The van der Waals surface area contributed by atoms with E-state index in [1.165, 1.54) is 0 Å². The number of aromatic nitrogens is 1. The van der Waals surface area contributed by atoms with Crippen LogP contribution in [0.1, 0.15) is 26.3 Å². The largest absolute Gasteiger partial charge is 0.383 e. The molecule has 0 aliphatic heterocycles. The van der Waals surface area contributed by atoms with Crippen molar-refractivity contribution < 1.29 is 0 Å². The lowest BCUT2D eigenvalue weighted by molar-refractivity contribution is 0.435. The molecule has 4 heteroatoms. The van der Waals surface area contributed by atoms with E-state index >= 15 is 0 Å². The molecule has 1 aromatic rings. The van der Waals surface area contributed by atoms with Gasteiger partial charge in [-0.1, -0.05) is 11.6 Å². The third-order valence-electron chi connectivity index (χ3n) is 2.12. The number of nitrogens with one attached hydrogen (secondary N) is 2. The van der Waals surface area contributed by atoms with E-state index in [-0.39, 0.29) is 5.54 Å². The monoisotopic (exact) mass is 241 g/mol. The van der Waals surface area contributed by atoms with E-state index in [1.807, 2.05) is 13.0 Å². The SMILES string of the molecule is Cc1cc(NCCNC(C)(C)C)cnc1Cl. The van der Waals surface area contributed by atoms with Crippen molar-refractivity contribution >= 4 is 17.3 Å². The van der Waals surface area contributed by atoms with Crippen LogP contribution in [0.15, 0.2) is 12.3 Å². The number of halogens is 1. The number of hydrogen-bond acceptors (Lipinski definition) is 3. The van der Waals surface area contributed by atoms with Gasteiger partial charge in [-0.15, -0.1) is 0 Å². The minimum Gasteiger partial charge on any atom is -0.383 e.